The van der Waals surface area contributed by atoms with Crippen LogP contribution in [0.25, 0.3) is 0 Å². The van der Waals surface area contributed by atoms with Gasteiger partial charge in [0.2, 0.25) is 5.91 Å². The third-order valence-corrected chi connectivity index (χ3v) is 3.21. The van der Waals surface area contributed by atoms with Crippen LogP contribution in [0.15, 0.2) is 34.9 Å². The number of hydrogen-bond donors (Lipinski definition) is 1. The van der Waals surface area contributed by atoms with Gasteiger partial charge in [-0.1, -0.05) is 58.0 Å². The van der Waals surface area contributed by atoms with E-state index in [2.05, 4.69) is 10.5 Å². The number of hydrogen-bond acceptors (Lipinski definition) is 3. The maximum Gasteiger partial charge on any atom is 0.225 e. The minimum absolute atomic E-state index is 0. The van der Waals surface area contributed by atoms with Crippen LogP contribution in [0, 0.1) is 76.1 Å². The normalized spacial score (nSPS) is 9.72. The molecule has 0 unspecified atom stereocenters. The van der Waals surface area contributed by atoms with Gasteiger partial charge in [0.15, 0.2) is 0 Å². The predicted octanol–water partition coefficient (Wildman–Crippen LogP) is 5.48. The Morgan fingerprint density at radius 3 is 2.04 bits per heavy atom. The summed E-state index contributed by atoms with van der Waals surface area (Å²) < 4.78 is 5.13. The molecule has 0 aliphatic carbocycles. The van der Waals surface area contributed by atoms with Crippen LogP contribution in [0.4, 0.5) is 5.69 Å². The molecule has 1 atom stereocenters. The summed E-state index contributed by atoms with van der Waals surface area (Å²) >= 11 is 0. The number of carbonyl (C=O) groups excluding carboxylic acids is 1. The molecule has 1 aromatic heterocycles. The second-order valence-electron chi connectivity index (χ2n) is 4.77. The van der Waals surface area contributed by atoms with Crippen molar-refractivity contribution in [1.82, 2.24) is 5.16 Å². The van der Waals surface area contributed by atoms with E-state index in [0.717, 1.165) is 22.7 Å². The van der Waals surface area contributed by atoms with Gasteiger partial charge in [0, 0.05) is 85.8 Å². The summed E-state index contributed by atoms with van der Waals surface area (Å²) in [5, 5.41) is 6.89. The number of para-hydroxylation sites is 1. The van der Waals surface area contributed by atoms with Gasteiger partial charge in [0.25, 0.3) is 0 Å². The smallest absolute Gasteiger partial charge is 0.225 e. The molecule has 0 fully saturated rings. The number of amides is 1. The van der Waals surface area contributed by atoms with E-state index in [-0.39, 0.29) is 74.1 Å². The maximum atomic E-state index is 11.9. The van der Waals surface area contributed by atoms with Crippen molar-refractivity contribution in [2.45, 2.75) is 60.8 Å². The van der Waals surface area contributed by atoms with Crippen molar-refractivity contribution >= 4 is 11.6 Å². The van der Waals surface area contributed by atoms with Gasteiger partial charge in [0.1, 0.15) is 5.76 Å². The topological polar surface area (TPSA) is 55.1 Å². The first-order valence-corrected chi connectivity index (χ1v) is 8.35. The summed E-state index contributed by atoms with van der Waals surface area (Å²) in [6.45, 7) is 13.8. The van der Waals surface area contributed by atoms with Crippen LogP contribution >= 0.6 is 0 Å². The van der Waals surface area contributed by atoms with Crippen molar-refractivity contribution < 1.29 is 71.5 Å². The van der Waals surface area contributed by atoms with Crippen molar-refractivity contribution in [3.05, 3.63) is 47.3 Å². The zero-order chi connectivity index (χ0) is 17.8. The molecule has 4 nitrogen and oxygen atoms in total. The van der Waals surface area contributed by atoms with Gasteiger partial charge in [-0.2, -0.15) is 0 Å². The van der Waals surface area contributed by atoms with Crippen LogP contribution in [0.5, 0.6) is 0 Å². The molecular formula is C19H30N2O2U2. The fourth-order valence-corrected chi connectivity index (χ4v) is 2.00. The standard InChI is InChI=1S/C15H18N2O2.2C2H6.2U/c1-10(15-11(2)12(3)19-17-15)9-14(18)16-13-7-5-4-6-8-13;2*1-2;;/h4-8,10H,9H2,1-3H3,(H,16,18);2*1-2H3;;/t10-;;;;/m1..../s1. The van der Waals surface area contributed by atoms with Gasteiger partial charge in [-0.15, -0.1) is 0 Å². The third-order valence-electron chi connectivity index (χ3n) is 3.21. The van der Waals surface area contributed by atoms with Crippen LogP contribution < -0.4 is 5.32 Å². The quantitative estimate of drug-likeness (QED) is 0.447. The largest absolute Gasteiger partial charge is 0.361 e. The first-order valence-electron chi connectivity index (χ1n) is 8.35. The molecule has 136 valence electrons. The van der Waals surface area contributed by atoms with E-state index < -0.39 is 0 Å². The van der Waals surface area contributed by atoms with Crippen molar-refractivity contribution in [2.75, 3.05) is 5.32 Å². The summed E-state index contributed by atoms with van der Waals surface area (Å²) in [7, 11) is 0. The molecular weight excluding hydrogens is 764 g/mol. The summed E-state index contributed by atoms with van der Waals surface area (Å²) in [5.74, 6) is 0.838. The Kier molecular flexibility index (Phi) is 20.7. The van der Waals surface area contributed by atoms with Crippen molar-refractivity contribution in [3.63, 3.8) is 0 Å². The van der Waals surface area contributed by atoms with E-state index in [1.54, 1.807) is 0 Å². The Morgan fingerprint density at radius 2 is 1.60 bits per heavy atom. The van der Waals surface area contributed by atoms with E-state index in [9.17, 15) is 4.79 Å². The van der Waals surface area contributed by atoms with E-state index >= 15 is 0 Å². The molecule has 1 heterocycles. The number of aromatic nitrogens is 1. The van der Waals surface area contributed by atoms with Gasteiger partial charge in [-0.25, -0.2) is 0 Å². The minimum Gasteiger partial charge on any atom is -0.361 e. The van der Waals surface area contributed by atoms with Gasteiger partial charge < -0.3 is 9.84 Å². The van der Waals surface area contributed by atoms with Crippen LogP contribution in [0.3, 0.4) is 0 Å². The van der Waals surface area contributed by atoms with Crippen LogP contribution in [-0.2, 0) is 4.79 Å². The molecule has 6 heteroatoms. The zero-order valence-electron chi connectivity index (χ0n) is 16.4. The second kappa shape index (κ2) is 17.4. The van der Waals surface area contributed by atoms with Gasteiger partial charge >= 0.3 is 0 Å². The fraction of sp³-hybridized carbons (Fsp3) is 0.474. The number of aryl methyl sites for hydroxylation is 1. The first-order chi connectivity index (χ1) is 11.1. The van der Waals surface area contributed by atoms with Gasteiger partial charge in [-0.05, 0) is 26.0 Å². The van der Waals surface area contributed by atoms with Crippen LogP contribution in [0.1, 0.15) is 64.0 Å². The SMILES string of the molecule is CC.CC.Cc1onc([C@H](C)CC(=O)Nc2ccccc2)c1C.[U].[U]. The molecule has 0 radical (unpaired) electrons. The molecule has 0 aliphatic heterocycles. The number of anilines is 1. The molecule has 1 N–H and O–H groups in total. The van der Waals surface area contributed by atoms with Crippen LogP contribution in [-0.4, -0.2) is 11.1 Å². The Labute approximate surface area is 200 Å². The third kappa shape index (κ3) is 10.7. The molecule has 2 rings (SSSR count). The number of rotatable bonds is 4. The average Bonchev–Trinajstić information content (AvgIpc) is 2.91. The molecule has 0 bridgehead atoms. The molecule has 1 amide bonds. The Bertz CT molecular complexity index is 572. The van der Waals surface area contributed by atoms with E-state index in [4.69, 9.17) is 4.52 Å². The summed E-state index contributed by atoms with van der Waals surface area (Å²) in [5.41, 5.74) is 2.70. The fourth-order valence-electron chi connectivity index (χ4n) is 2.00. The molecule has 2 aromatic rings. The molecule has 0 spiro atoms. The van der Waals surface area contributed by atoms with Crippen molar-refractivity contribution in [2.24, 2.45) is 0 Å². The number of benzene rings is 1. The van der Waals surface area contributed by atoms with E-state index in [1.165, 1.54) is 0 Å². The van der Waals surface area contributed by atoms with Gasteiger partial charge in [0.05, 0.1) is 5.69 Å². The van der Waals surface area contributed by atoms with Crippen LogP contribution in [0.2, 0.25) is 0 Å². The van der Waals surface area contributed by atoms with Crippen molar-refractivity contribution in [1.29, 1.82) is 0 Å². The first kappa shape index (κ1) is 29.8. The summed E-state index contributed by atoms with van der Waals surface area (Å²) in [6, 6.07) is 9.44. The molecule has 0 saturated carbocycles. The maximum absolute atomic E-state index is 11.9. The molecule has 1 aromatic carbocycles. The number of nitrogens with one attached hydrogen (secondary N) is 1. The molecule has 25 heavy (non-hydrogen) atoms. The van der Waals surface area contributed by atoms with E-state index in [0.29, 0.717) is 6.42 Å². The summed E-state index contributed by atoms with van der Waals surface area (Å²) in [4.78, 5) is 11.9. The number of carbonyl (C=O) groups is 1. The molecule has 0 saturated heterocycles. The average molecular weight is 795 g/mol. The molecule has 0 aliphatic rings. The monoisotopic (exact) mass is 794 g/mol. The van der Waals surface area contributed by atoms with Crippen molar-refractivity contribution in [3.8, 4) is 0 Å². The van der Waals surface area contributed by atoms with Gasteiger partial charge in [-0.3, -0.25) is 4.79 Å². The Hall–Kier alpha value is 0.00390. The second-order valence-corrected chi connectivity index (χ2v) is 4.77. The predicted molar refractivity (Wildman–Crippen MR) is 96.8 cm³/mol. The summed E-state index contributed by atoms with van der Waals surface area (Å²) in [6.07, 6.45) is 0.391. The minimum atomic E-state index is -0.0150. The Morgan fingerprint density at radius 1 is 1.08 bits per heavy atom. The van der Waals surface area contributed by atoms with E-state index in [1.807, 2.05) is 78.8 Å². The number of nitrogens with zero attached hydrogens (tertiary/aromatic N) is 1. The zero-order valence-corrected chi connectivity index (χ0v) is 24.8. The Balaban J connectivity index is -0.000000752.